The smallest absolute Gasteiger partial charge is 1.00 e. The third-order valence-corrected chi connectivity index (χ3v) is 3.94. The predicted molar refractivity (Wildman–Crippen MR) is 79.0 cm³/mol. The average Bonchev–Trinajstić information content (AvgIpc) is 2.41. The van der Waals surface area contributed by atoms with Crippen molar-refractivity contribution >= 4 is 22.1 Å². The van der Waals surface area contributed by atoms with Gasteiger partial charge in [0.05, 0.1) is 13.0 Å². The minimum Gasteiger partial charge on any atom is -1.00 e. The number of esters is 1. The van der Waals surface area contributed by atoms with Gasteiger partial charge in [-0.2, -0.15) is 8.42 Å². The maximum absolute atomic E-state index is 11.7. The average molecular weight is 380 g/mol. The second-order valence-electron chi connectivity index (χ2n) is 4.81. The zero-order valence-corrected chi connectivity index (χ0v) is 17.8. The Labute approximate surface area is 180 Å². The van der Waals surface area contributed by atoms with Gasteiger partial charge in [0.15, 0.2) is 5.25 Å². The van der Waals surface area contributed by atoms with E-state index < -0.39 is 40.0 Å². The van der Waals surface area contributed by atoms with Crippen LogP contribution >= 0.6 is 0 Å². The van der Waals surface area contributed by atoms with Gasteiger partial charge in [-0.3, -0.25) is 14.1 Å². The summed E-state index contributed by atoms with van der Waals surface area (Å²) in [6.07, 6.45) is 2.12. The standard InChI is InChI=1S/C13H24O8S.K.H/c1-3-5-6-7-8-20-12(4-2)21-13(16)10(9-11(14)15)22(17,18)19;;/h10,12H,3-9H2,1-2H3,(H,14,15)(H,17,18,19);;/q;+1;-1. The molecule has 0 aromatic heterocycles. The minimum absolute atomic E-state index is 0. The van der Waals surface area contributed by atoms with Crippen LogP contribution in [0.5, 0.6) is 0 Å². The van der Waals surface area contributed by atoms with E-state index in [0.717, 1.165) is 25.7 Å². The van der Waals surface area contributed by atoms with Crippen molar-refractivity contribution < 1.29 is 90.0 Å². The van der Waals surface area contributed by atoms with E-state index in [-0.39, 0.29) is 59.2 Å². The summed E-state index contributed by atoms with van der Waals surface area (Å²) in [4.78, 5) is 22.3. The van der Waals surface area contributed by atoms with E-state index in [1.807, 2.05) is 0 Å². The zero-order chi connectivity index (χ0) is 17.2. The molecule has 8 nitrogen and oxygen atoms in total. The molecule has 2 unspecified atom stereocenters. The molecule has 0 amide bonds. The monoisotopic (exact) mass is 380 g/mol. The summed E-state index contributed by atoms with van der Waals surface area (Å²) in [5, 5.41) is 6.45. The molecule has 0 radical (unpaired) electrons. The van der Waals surface area contributed by atoms with Gasteiger partial charge in [0, 0.05) is 6.42 Å². The van der Waals surface area contributed by atoms with Crippen molar-refractivity contribution in [1.29, 1.82) is 0 Å². The van der Waals surface area contributed by atoms with Crippen LogP contribution in [-0.2, 0) is 29.2 Å². The van der Waals surface area contributed by atoms with Crippen LogP contribution in [0.25, 0.3) is 0 Å². The topological polar surface area (TPSA) is 127 Å². The molecule has 0 spiro atoms. The van der Waals surface area contributed by atoms with Crippen molar-refractivity contribution in [3.63, 3.8) is 0 Å². The van der Waals surface area contributed by atoms with Gasteiger partial charge in [-0.15, -0.1) is 0 Å². The van der Waals surface area contributed by atoms with E-state index in [0.29, 0.717) is 6.61 Å². The number of carboxylic acid groups (broad SMARTS) is 1. The maximum Gasteiger partial charge on any atom is 1.00 e. The Morgan fingerprint density at radius 3 is 2.22 bits per heavy atom. The molecule has 2 N–H and O–H groups in total. The number of hydrogen-bond donors (Lipinski definition) is 2. The Bertz CT molecular complexity index is 457. The van der Waals surface area contributed by atoms with E-state index in [4.69, 9.17) is 19.1 Å². The van der Waals surface area contributed by atoms with E-state index in [1.54, 1.807) is 6.92 Å². The molecule has 0 aliphatic carbocycles. The number of rotatable bonds is 12. The molecule has 0 heterocycles. The number of carbonyl (C=O) groups is 2. The quantitative estimate of drug-likeness (QED) is 0.141. The van der Waals surface area contributed by atoms with E-state index >= 15 is 0 Å². The van der Waals surface area contributed by atoms with Crippen LogP contribution in [0.2, 0.25) is 0 Å². The maximum atomic E-state index is 11.7. The van der Waals surface area contributed by atoms with Gasteiger partial charge < -0.3 is 16.0 Å². The molecule has 0 bridgehead atoms. The summed E-state index contributed by atoms with van der Waals surface area (Å²) in [6.45, 7) is 4.08. The van der Waals surface area contributed by atoms with Crippen molar-refractivity contribution in [2.24, 2.45) is 0 Å². The number of hydrogen-bond acceptors (Lipinski definition) is 6. The summed E-state index contributed by atoms with van der Waals surface area (Å²) < 4.78 is 41.2. The second-order valence-corrected chi connectivity index (χ2v) is 6.41. The third-order valence-electron chi connectivity index (χ3n) is 2.87. The number of ether oxygens (including phenoxy) is 2. The Balaban J connectivity index is -0.00000220. The molecule has 132 valence electrons. The Morgan fingerprint density at radius 2 is 1.78 bits per heavy atom. The molecule has 0 saturated heterocycles. The molecule has 10 heteroatoms. The number of unbranched alkanes of at least 4 members (excludes halogenated alkanes) is 3. The fourth-order valence-corrected chi connectivity index (χ4v) is 2.31. The molecule has 0 aromatic carbocycles. The van der Waals surface area contributed by atoms with Gasteiger partial charge in [0.2, 0.25) is 6.29 Å². The van der Waals surface area contributed by atoms with Crippen molar-refractivity contribution in [2.45, 2.75) is 63.9 Å². The first kappa shape index (κ1) is 25.7. The first-order chi connectivity index (χ1) is 10.2. The van der Waals surface area contributed by atoms with Crippen LogP contribution in [-0.4, -0.2) is 48.2 Å². The normalized spacial score (nSPS) is 13.7. The summed E-state index contributed by atoms with van der Waals surface area (Å²) in [7, 11) is -4.86. The molecular formula is C13H25KO8S. The second kappa shape index (κ2) is 13.7. The zero-order valence-electron chi connectivity index (χ0n) is 14.9. The number of aliphatic carboxylic acids is 1. The van der Waals surface area contributed by atoms with E-state index in [9.17, 15) is 18.0 Å². The van der Waals surface area contributed by atoms with Crippen molar-refractivity contribution in [3.8, 4) is 0 Å². The molecule has 0 aliphatic rings. The van der Waals surface area contributed by atoms with Gasteiger partial charge in [-0.05, 0) is 6.42 Å². The van der Waals surface area contributed by atoms with Crippen LogP contribution in [0.15, 0.2) is 0 Å². The summed E-state index contributed by atoms with van der Waals surface area (Å²) >= 11 is 0. The van der Waals surface area contributed by atoms with Crippen molar-refractivity contribution in [1.82, 2.24) is 0 Å². The Kier molecular flexibility index (Phi) is 15.3. The summed E-state index contributed by atoms with van der Waals surface area (Å²) in [5.41, 5.74) is 0. The van der Waals surface area contributed by atoms with Crippen molar-refractivity contribution in [2.75, 3.05) is 6.61 Å². The van der Waals surface area contributed by atoms with Gasteiger partial charge in [-0.25, -0.2) is 0 Å². The Morgan fingerprint density at radius 1 is 1.17 bits per heavy atom. The molecular weight excluding hydrogens is 355 g/mol. The van der Waals surface area contributed by atoms with Crippen LogP contribution in [0.3, 0.4) is 0 Å². The van der Waals surface area contributed by atoms with Crippen LogP contribution in [0, 0.1) is 0 Å². The minimum atomic E-state index is -4.86. The molecule has 23 heavy (non-hydrogen) atoms. The molecule has 0 fully saturated rings. The fourth-order valence-electron chi connectivity index (χ4n) is 1.65. The SMILES string of the molecule is CCCCCCOC(CC)OC(=O)C(CC(=O)O)S(=O)(=O)O.[H-].[K+]. The molecule has 0 saturated carbocycles. The number of carboxylic acids is 1. The van der Waals surface area contributed by atoms with Gasteiger partial charge in [-0.1, -0.05) is 33.1 Å². The van der Waals surface area contributed by atoms with Crippen molar-refractivity contribution in [3.05, 3.63) is 0 Å². The molecule has 2 atom stereocenters. The predicted octanol–water partition coefficient (Wildman–Crippen LogP) is -1.29. The van der Waals surface area contributed by atoms with Gasteiger partial charge in [0.25, 0.3) is 10.1 Å². The molecule has 0 aromatic rings. The van der Waals surface area contributed by atoms with E-state index in [1.165, 1.54) is 0 Å². The number of carbonyl (C=O) groups excluding carboxylic acids is 1. The Hall–Kier alpha value is 0.446. The van der Waals surface area contributed by atoms with Gasteiger partial charge in [0.1, 0.15) is 0 Å². The molecule has 0 rings (SSSR count). The first-order valence-corrected chi connectivity index (χ1v) is 8.72. The summed E-state index contributed by atoms with van der Waals surface area (Å²) in [6, 6.07) is 0. The fraction of sp³-hybridized carbons (Fsp3) is 0.846. The first-order valence-electron chi connectivity index (χ1n) is 7.22. The van der Waals surface area contributed by atoms with Crippen LogP contribution in [0.1, 0.15) is 53.8 Å². The van der Waals surface area contributed by atoms with Crippen LogP contribution in [0.4, 0.5) is 0 Å². The van der Waals surface area contributed by atoms with Gasteiger partial charge >= 0.3 is 63.3 Å². The molecule has 0 aliphatic heterocycles. The largest absolute Gasteiger partial charge is 1.00 e. The van der Waals surface area contributed by atoms with E-state index in [2.05, 4.69) is 6.92 Å². The summed E-state index contributed by atoms with van der Waals surface area (Å²) in [5.74, 6) is -2.86. The third kappa shape index (κ3) is 12.5. The van der Waals surface area contributed by atoms with Crippen LogP contribution < -0.4 is 51.4 Å².